The van der Waals surface area contributed by atoms with Crippen molar-refractivity contribution in [1.29, 1.82) is 0 Å². The summed E-state index contributed by atoms with van der Waals surface area (Å²) in [4.78, 5) is 23.5. The first-order chi connectivity index (χ1) is 45.7. The molecule has 8 aromatic heterocycles. The highest BCUT2D eigenvalue weighted by molar-refractivity contribution is 7.12. The molecule has 8 aromatic rings. The first-order valence-electron chi connectivity index (χ1n) is 37.8. The predicted molar refractivity (Wildman–Crippen MR) is 448 cm³/mol. The van der Waals surface area contributed by atoms with Crippen LogP contribution in [0, 0.1) is 0 Å². The van der Waals surface area contributed by atoms with E-state index in [0.29, 0.717) is 46.3 Å². The van der Waals surface area contributed by atoms with Crippen LogP contribution in [0.1, 0.15) is 427 Å². The number of thiophene rings is 2. The van der Waals surface area contributed by atoms with Gasteiger partial charge >= 0.3 is 0 Å². The van der Waals surface area contributed by atoms with Gasteiger partial charge in [-0.25, -0.2) is 19.9 Å². The maximum Gasteiger partial charge on any atom is 0.194 e. The summed E-state index contributed by atoms with van der Waals surface area (Å²) in [5, 5.41) is 10.6. The molecule has 0 saturated carbocycles. The number of furan rings is 1. The van der Waals surface area contributed by atoms with Crippen LogP contribution in [0.2, 0.25) is 0 Å². The third-order valence-electron chi connectivity index (χ3n) is 16.4. The van der Waals surface area contributed by atoms with E-state index in [1.807, 2.05) is 46.2 Å². The van der Waals surface area contributed by atoms with E-state index < -0.39 is 0 Å². The maximum atomic E-state index is 5.81. The molecule has 0 bridgehead atoms. The molecule has 102 heavy (non-hydrogen) atoms. The van der Waals surface area contributed by atoms with Gasteiger partial charge in [0.05, 0.1) is 46.0 Å². The molecular formula is C88H152N8O3S3. The smallest absolute Gasteiger partial charge is 0.194 e. The lowest BCUT2D eigenvalue weighted by atomic mass is 9.81. The van der Waals surface area contributed by atoms with Gasteiger partial charge in [-0.05, 0) is 86.6 Å². The SMILES string of the molecule is CC(C)(C)c1ccc(C(C)(C)C)o1.CC(C)(C)c1ccc(C(C)(C)C)s1.CC(C)(C)c1ccsc1C(C)(C)C.CC(C)c1ncoc1C(C)C.CC(C)c1ncsc1C(C)C.CCc1nc(C(C)C)c(C(C)C)o1.Cn1cnc(C(C)(C)C)c1C(C)(C)C.Cn1nnc(C(C)(C)C)c1C(C)(C)C. The van der Waals surface area contributed by atoms with Crippen molar-refractivity contribution in [2.45, 2.75) is 394 Å². The van der Waals surface area contributed by atoms with E-state index in [9.17, 15) is 0 Å². The molecule has 0 aliphatic carbocycles. The van der Waals surface area contributed by atoms with Crippen molar-refractivity contribution in [3.63, 3.8) is 0 Å². The Morgan fingerprint density at radius 3 is 1.14 bits per heavy atom. The molecule has 0 radical (unpaired) electrons. The summed E-state index contributed by atoms with van der Waals surface area (Å²) in [5.74, 6) is 8.08. The standard InChI is InChI=1S/C12H22N2.C12H20O.2C12H20S.C11H21N3.C11H19NO.C9H15NO.C9H15NS/c1-11(2,3)9-10(12(4,5)6)14(7)8-13-9;1-11(2,3)9-7-8-10(13-9)12(4,5)6;1-11(2,3)9-7-8-13-10(9)12(4,5)6;1-11(2,3)9-7-8-10(13-9)12(4,5)6;1-10(2,3)8-9(11(4,5)6)14(7)13-12-8;1-6-9-12-10(7(2)3)11(13-9)8(4)5;2*1-6(2)8-9(7(3)4)11-5-10-8/h8H,1-7H3;3*7-8H,1-6H3;1-7H3;7-8H,6H2,1-5H3;2*5-7H,1-4H3. The van der Waals surface area contributed by atoms with Crippen LogP contribution in [0.15, 0.2) is 67.2 Å². The van der Waals surface area contributed by atoms with E-state index in [1.165, 1.54) is 54.2 Å². The van der Waals surface area contributed by atoms with Crippen molar-refractivity contribution in [1.82, 2.24) is 39.5 Å². The Morgan fingerprint density at radius 2 is 0.863 bits per heavy atom. The van der Waals surface area contributed by atoms with Crippen molar-refractivity contribution < 1.29 is 13.3 Å². The maximum absolute atomic E-state index is 5.81. The Balaban J connectivity index is 0.000000584. The fourth-order valence-corrected chi connectivity index (χ4v) is 14.2. The minimum Gasteiger partial charge on any atom is -0.465 e. The van der Waals surface area contributed by atoms with E-state index in [-0.39, 0.29) is 43.3 Å². The Kier molecular flexibility index (Phi) is 35.0. The summed E-state index contributed by atoms with van der Waals surface area (Å²) in [6.45, 7) is 94.8. The van der Waals surface area contributed by atoms with E-state index >= 15 is 0 Å². The molecule has 14 heteroatoms. The van der Waals surface area contributed by atoms with Crippen LogP contribution < -0.4 is 0 Å². The molecule has 0 spiro atoms. The van der Waals surface area contributed by atoms with Crippen molar-refractivity contribution in [3.05, 3.63) is 148 Å². The highest BCUT2D eigenvalue weighted by Crippen LogP contribution is 2.40. The summed E-state index contributed by atoms with van der Waals surface area (Å²) >= 11 is 5.60. The Bertz CT molecular complexity index is 3330. The average Bonchev–Trinajstić information content (AvgIpc) is 1.72. The summed E-state index contributed by atoms with van der Waals surface area (Å²) in [6.07, 6.45) is 4.33. The quantitative estimate of drug-likeness (QED) is 0.153. The number of oxazole rings is 2. The number of aryl methyl sites for hydroxylation is 3. The van der Waals surface area contributed by atoms with Crippen LogP contribution in [0.5, 0.6) is 0 Å². The molecule has 0 aliphatic heterocycles. The molecular weight excluding hydrogens is 1310 g/mol. The second-order valence-electron chi connectivity index (χ2n) is 39.8. The van der Waals surface area contributed by atoms with Gasteiger partial charge in [-0.15, -0.1) is 39.1 Å². The zero-order valence-electron chi connectivity index (χ0n) is 73.9. The van der Waals surface area contributed by atoms with Gasteiger partial charge in [-0.3, -0.25) is 4.68 Å². The number of hydrogen-bond donors (Lipinski definition) is 0. The number of thiazole rings is 1. The van der Waals surface area contributed by atoms with E-state index in [0.717, 1.165) is 52.4 Å². The largest absolute Gasteiger partial charge is 0.465 e. The molecule has 580 valence electrons. The predicted octanol–water partition coefficient (Wildman–Crippen LogP) is 27.8. The summed E-state index contributed by atoms with van der Waals surface area (Å²) < 4.78 is 20.8. The second kappa shape index (κ2) is 37.6. The van der Waals surface area contributed by atoms with Crippen LogP contribution in [-0.4, -0.2) is 39.5 Å². The molecule has 8 heterocycles. The van der Waals surface area contributed by atoms with Crippen LogP contribution in [0.4, 0.5) is 0 Å². The zero-order valence-corrected chi connectivity index (χ0v) is 76.3. The van der Waals surface area contributed by atoms with E-state index in [2.05, 4.69) is 375 Å². The topological polar surface area (TPSA) is 127 Å². The molecule has 0 fully saturated rings. The van der Waals surface area contributed by atoms with Crippen molar-refractivity contribution in [2.75, 3.05) is 0 Å². The minimum absolute atomic E-state index is 0.0663. The number of nitrogens with zero attached hydrogens (tertiary/aromatic N) is 8. The molecule has 0 atom stereocenters. The van der Waals surface area contributed by atoms with Crippen molar-refractivity contribution in [2.24, 2.45) is 14.1 Å². The van der Waals surface area contributed by atoms with E-state index in [4.69, 9.17) is 13.3 Å². The van der Waals surface area contributed by atoms with Gasteiger partial charge in [0, 0.05) is 90.0 Å². The van der Waals surface area contributed by atoms with Gasteiger partial charge in [0.25, 0.3) is 0 Å². The summed E-state index contributed by atoms with van der Waals surface area (Å²) in [7, 11) is 4.03. The highest BCUT2D eigenvalue weighted by atomic mass is 32.1. The lowest BCUT2D eigenvalue weighted by Crippen LogP contribution is -2.24. The molecule has 0 unspecified atom stereocenters. The van der Waals surface area contributed by atoms with Gasteiger partial charge in [0.2, 0.25) is 0 Å². The third kappa shape index (κ3) is 30.1. The number of rotatable bonds is 7. The number of hydrogen-bond acceptors (Lipinski definition) is 12. The minimum atomic E-state index is 0.0663. The molecule has 0 aliphatic rings. The highest BCUT2D eigenvalue weighted by Gasteiger charge is 2.32. The molecule has 0 amide bonds. The van der Waals surface area contributed by atoms with E-state index in [1.54, 1.807) is 11.3 Å². The van der Waals surface area contributed by atoms with Crippen molar-refractivity contribution in [3.8, 4) is 0 Å². The van der Waals surface area contributed by atoms with Gasteiger partial charge in [-0.1, -0.05) is 303 Å². The van der Waals surface area contributed by atoms with Gasteiger partial charge in [0.15, 0.2) is 12.3 Å². The normalized spacial score (nSPS) is 12.7. The Morgan fingerprint density at radius 1 is 0.412 bits per heavy atom. The Hall–Kier alpha value is -4.92. The van der Waals surface area contributed by atoms with Gasteiger partial charge in [-0.2, -0.15) is 0 Å². The van der Waals surface area contributed by atoms with Crippen LogP contribution >= 0.6 is 34.0 Å². The number of imidazole rings is 1. The molecule has 8 rings (SSSR count). The second-order valence-corrected chi connectivity index (χ2v) is 42.7. The molecule has 11 nitrogen and oxygen atoms in total. The van der Waals surface area contributed by atoms with Crippen LogP contribution in [0.25, 0.3) is 0 Å². The fourth-order valence-electron chi connectivity index (χ4n) is 11.0. The lowest BCUT2D eigenvalue weighted by molar-refractivity contribution is 0.344. The van der Waals surface area contributed by atoms with Gasteiger partial charge in [0.1, 0.15) is 23.0 Å². The average molecular weight is 1470 g/mol. The fraction of sp³-hybridized carbons (Fsp3) is 0.705. The number of aromatic nitrogens is 8. The molecule has 0 aromatic carbocycles. The monoisotopic (exact) mass is 1470 g/mol. The summed E-state index contributed by atoms with van der Waals surface area (Å²) in [5.41, 5.74) is 13.7. The first kappa shape index (κ1) is 95.1. The Labute approximate surface area is 638 Å². The van der Waals surface area contributed by atoms with Crippen molar-refractivity contribution >= 4 is 34.0 Å². The van der Waals surface area contributed by atoms with Crippen LogP contribution in [-0.2, 0) is 74.7 Å². The summed E-state index contributed by atoms with van der Waals surface area (Å²) in [6, 6.07) is 11.0. The lowest BCUT2D eigenvalue weighted by Gasteiger charge is -2.26. The third-order valence-corrected chi connectivity index (χ3v) is 20.8. The zero-order chi connectivity index (χ0) is 80.0. The van der Waals surface area contributed by atoms with Crippen LogP contribution in [0.3, 0.4) is 0 Å². The van der Waals surface area contributed by atoms with Gasteiger partial charge < -0.3 is 17.8 Å². The first-order valence-corrected chi connectivity index (χ1v) is 40.4. The molecule has 0 saturated heterocycles. The molecule has 0 N–H and O–H groups in total.